The predicted octanol–water partition coefficient (Wildman–Crippen LogP) is 1.10. The number of carbonyl (C=O) groups excluding carboxylic acids is 1. The molecule has 0 aliphatic carbocycles. The second-order valence-corrected chi connectivity index (χ2v) is 8.88. The van der Waals surface area contributed by atoms with Gasteiger partial charge in [0.25, 0.3) is 5.91 Å². The lowest BCUT2D eigenvalue weighted by atomic mass is 10.1. The number of fused-ring (bicyclic) bond motifs is 1. The first-order valence-electron chi connectivity index (χ1n) is 10.6. The van der Waals surface area contributed by atoms with Crippen molar-refractivity contribution in [3.05, 3.63) is 39.8 Å². The van der Waals surface area contributed by atoms with Crippen LogP contribution in [0.3, 0.4) is 0 Å². The zero-order valence-corrected chi connectivity index (χ0v) is 19.3. The summed E-state index contributed by atoms with van der Waals surface area (Å²) in [7, 11) is -3.55. The first-order chi connectivity index (χ1) is 16.1. The van der Waals surface area contributed by atoms with Gasteiger partial charge in [0.15, 0.2) is 9.84 Å². The normalized spacial score (nSPS) is 12.9. The smallest absolute Gasteiger partial charge is 0.251 e. The van der Waals surface area contributed by atoms with Crippen molar-refractivity contribution in [1.82, 2.24) is 5.32 Å². The molecule has 1 heterocycles. The van der Waals surface area contributed by atoms with E-state index in [1.54, 1.807) is 12.1 Å². The van der Waals surface area contributed by atoms with Gasteiger partial charge in [0.05, 0.1) is 76.7 Å². The largest absolute Gasteiger partial charge is 0.379 e. The monoisotopic (exact) mass is 486 g/mol. The summed E-state index contributed by atoms with van der Waals surface area (Å²) in [6.45, 7) is 4.06. The first-order valence-corrected chi connectivity index (χ1v) is 12.2. The van der Waals surface area contributed by atoms with Gasteiger partial charge in [-0.2, -0.15) is 0 Å². The molecule has 0 atom stereocenters. The van der Waals surface area contributed by atoms with Crippen LogP contribution in [0.25, 0.3) is 10.4 Å². The maximum Gasteiger partial charge on any atom is 0.251 e. The lowest BCUT2D eigenvalue weighted by Crippen LogP contribution is -2.17. The Morgan fingerprint density at radius 2 is 1.42 bits per heavy atom. The van der Waals surface area contributed by atoms with Crippen LogP contribution < -0.4 is 5.32 Å². The minimum atomic E-state index is -3.55. The standard InChI is InChI=1S/C20H30N4O8S/c21-24-23-4-5-28-6-7-29-8-9-30-10-11-31-12-13-32-14-15-33(26,27)19-3-1-2-17-18(19)16-22-20(17)25/h1-3H,4-16H2,(H,22,25). The number of hydrogen-bond acceptors (Lipinski definition) is 9. The molecule has 0 aromatic heterocycles. The molecule has 13 heteroatoms. The molecule has 0 saturated heterocycles. The number of nitrogens with one attached hydrogen (secondary N) is 1. The van der Waals surface area contributed by atoms with E-state index >= 15 is 0 Å². The second kappa shape index (κ2) is 15.6. The van der Waals surface area contributed by atoms with Crippen LogP contribution in [-0.2, 0) is 40.1 Å². The van der Waals surface area contributed by atoms with Crippen molar-refractivity contribution >= 4 is 15.7 Å². The van der Waals surface area contributed by atoms with Gasteiger partial charge in [-0.3, -0.25) is 4.79 Å². The molecule has 1 amide bonds. The summed E-state index contributed by atoms with van der Waals surface area (Å²) in [6, 6.07) is 4.71. The van der Waals surface area contributed by atoms with E-state index in [-0.39, 0.29) is 36.3 Å². The minimum Gasteiger partial charge on any atom is -0.379 e. The average Bonchev–Trinajstić information content (AvgIpc) is 3.19. The van der Waals surface area contributed by atoms with Crippen LogP contribution >= 0.6 is 0 Å². The molecule has 1 aliphatic rings. The van der Waals surface area contributed by atoms with E-state index in [0.29, 0.717) is 70.5 Å². The molecule has 1 N–H and O–H groups in total. The van der Waals surface area contributed by atoms with Gasteiger partial charge in [-0.15, -0.1) is 0 Å². The van der Waals surface area contributed by atoms with Crippen LogP contribution in [0.5, 0.6) is 0 Å². The highest BCUT2D eigenvalue weighted by Gasteiger charge is 2.27. The maximum absolute atomic E-state index is 12.6. The summed E-state index contributed by atoms with van der Waals surface area (Å²) >= 11 is 0. The van der Waals surface area contributed by atoms with Crippen molar-refractivity contribution in [2.24, 2.45) is 5.11 Å². The molecule has 184 valence electrons. The molecule has 0 saturated carbocycles. The van der Waals surface area contributed by atoms with Crippen LogP contribution in [0.15, 0.2) is 28.2 Å². The van der Waals surface area contributed by atoms with E-state index in [1.165, 1.54) is 6.07 Å². The number of carbonyl (C=O) groups is 1. The number of amides is 1. The van der Waals surface area contributed by atoms with Gasteiger partial charge in [-0.1, -0.05) is 11.2 Å². The molecule has 0 unspecified atom stereocenters. The van der Waals surface area contributed by atoms with Crippen LogP contribution in [0, 0.1) is 0 Å². The Kier molecular flexibility index (Phi) is 12.7. The molecule has 1 aromatic rings. The molecule has 33 heavy (non-hydrogen) atoms. The summed E-state index contributed by atoms with van der Waals surface area (Å²) < 4.78 is 51.7. The number of rotatable bonds is 19. The fourth-order valence-corrected chi connectivity index (χ4v) is 4.33. The van der Waals surface area contributed by atoms with Crippen molar-refractivity contribution in [3.63, 3.8) is 0 Å². The Morgan fingerprint density at radius 3 is 2.00 bits per heavy atom. The van der Waals surface area contributed by atoms with E-state index in [2.05, 4.69) is 15.3 Å². The fraction of sp³-hybridized carbons (Fsp3) is 0.650. The molecule has 1 aromatic carbocycles. The first kappa shape index (κ1) is 27.0. The molecular formula is C20H30N4O8S. The van der Waals surface area contributed by atoms with Crippen LogP contribution in [0.4, 0.5) is 0 Å². The zero-order chi connectivity index (χ0) is 23.8. The average molecular weight is 487 g/mol. The summed E-state index contributed by atoms with van der Waals surface area (Å²) in [5.41, 5.74) is 9.03. The van der Waals surface area contributed by atoms with Crippen molar-refractivity contribution in [2.75, 3.05) is 78.4 Å². The lowest BCUT2D eigenvalue weighted by Gasteiger charge is -2.10. The minimum absolute atomic E-state index is 0.0415. The van der Waals surface area contributed by atoms with Gasteiger partial charge in [-0.25, -0.2) is 8.42 Å². The second-order valence-electron chi connectivity index (χ2n) is 6.80. The van der Waals surface area contributed by atoms with Crippen molar-refractivity contribution in [1.29, 1.82) is 0 Å². The predicted molar refractivity (Wildman–Crippen MR) is 118 cm³/mol. The highest BCUT2D eigenvalue weighted by atomic mass is 32.2. The van der Waals surface area contributed by atoms with Gasteiger partial charge in [0.2, 0.25) is 0 Å². The van der Waals surface area contributed by atoms with Crippen LogP contribution in [0.2, 0.25) is 0 Å². The summed E-state index contributed by atoms with van der Waals surface area (Å²) in [6.07, 6.45) is 0. The van der Waals surface area contributed by atoms with Gasteiger partial charge < -0.3 is 29.0 Å². The number of hydrogen-bond donors (Lipinski definition) is 1. The van der Waals surface area contributed by atoms with Crippen molar-refractivity contribution in [3.8, 4) is 0 Å². The van der Waals surface area contributed by atoms with E-state index < -0.39 is 9.84 Å². The van der Waals surface area contributed by atoms with E-state index in [1.807, 2.05) is 0 Å². The molecule has 0 fully saturated rings. The quantitative estimate of drug-likeness (QED) is 0.132. The Balaban J connectivity index is 1.42. The zero-order valence-electron chi connectivity index (χ0n) is 18.4. The van der Waals surface area contributed by atoms with Gasteiger partial charge in [0, 0.05) is 29.1 Å². The fourth-order valence-electron chi connectivity index (χ4n) is 2.93. The van der Waals surface area contributed by atoms with Gasteiger partial charge >= 0.3 is 0 Å². The van der Waals surface area contributed by atoms with Gasteiger partial charge in [-0.05, 0) is 17.7 Å². The molecule has 2 rings (SSSR count). The van der Waals surface area contributed by atoms with E-state index in [0.717, 1.165) is 0 Å². The topological polar surface area (TPSA) is 158 Å². The number of benzene rings is 1. The Hall–Kier alpha value is -2.25. The highest BCUT2D eigenvalue weighted by Crippen LogP contribution is 2.24. The van der Waals surface area contributed by atoms with Gasteiger partial charge in [0.1, 0.15) is 0 Å². The Labute approximate surface area is 193 Å². The van der Waals surface area contributed by atoms with Crippen LogP contribution in [0.1, 0.15) is 15.9 Å². The molecule has 0 radical (unpaired) electrons. The molecule has 12 nitrogen and oxygen atoms in total. The van der Waals surface area contributed by atoms with Crippen molar-refractivity contribution < 1.29 is 36.9 Å². The third kappa shape index (κ3) is 10.0. The van der Waals surface area contributed by atoms with Crippen molar-refractivity contribution in [2.45, 2.75) is 11.4 Å². The maximum atomic E-state index is 12.6. The molecular weight excluding hydrogens is 456 g/mol. The SMILES string of the molecule is [N-]=[N+]=NCCOCCOCCOCCOCCOCCS(=O)(=O)c1cccc2c1CNC2=O. The lowest BCUT2D eigenvalue weighted by molar-refractivity contribution is -0.00956. The molecule has 0 bridgehead atoms. The summed E-state index contributed by atoms with van der Waals surface area (Å²) in [5.74, 6) is -0.420. The van der Waals surface area contributed by atoms with Crippen LogP contribution in [-0.4, -0.2) is 92.7 Å². The highest BCUT2D eigenvalue weighted by molar-refractivity contribution is 7.91. The summed E-state index contributed by atoms with van der Waals surface area (Å²) in [4.78, 5) is 14.5. The Morgan fingerprint density at radius 1 is 0.879 bits per heavy atom. The Bertz CT molecular complexity index is 890. The third-order valence-electron chi connectivity index (χ3n) is 4.52. The number of sulfone groups is 1. The molecule has 1 aliphatic heterocycles. The number of ether oxygens (including phenoxy) is 5. The molecule has 0 spiro atoms. The number of azide groups is 1. The van der Waals surface area contributed by atoms with E-state index in [4.69, 9.17) is 29.2 Å². The van der Waals surface area contributed by atoms with E-state index in [9.17, 15) is 13.2 Å². The summed E-state index contributed by atoms with van der Waals surface area (Å²) in [5, 5.41) is 5.99. The number of nitrogens with zero attached hydrogens (tertiary/aromatic N) is 3. The third-order valence-corrected chi connectivity index (χ3v) is 6.28.